The van der Waals surface area contributed by atoms with E-state index in [0.29, 0.717) is 55.5 Å². The van der Waals surface area contributed by atoms with Gasteiger partial charge in [0.2, 0.25) is 5.91 Å². The number of hydrazine groups is 1. The molecule has 0 atom stereocenters. The molecule has 2 fully saturated rings. The zero-order chi connectivity index (χ0) is 35.9. The Labute approximate surface area is 293 Å². The molecule has 0 unspecified atom stereocenters. The van der Waals surface area contributed by atoms with Gasteiger partial charge in [0.05, 0.1) is 28.9 Å². The van der Waals surface area contributed by atoms with E-state index in [9.17, 15) is 32.8 Å². The molecule has 0 bridgehead atoms. The van der Waals surface area contributed by atoms with Gasteiger partial charge in [-0.05, 0) is 54.1 Å². The lowest BCUT2D eigenvalue weighted by atomic mass is 10.0. The number of hydrogen-bond donors (Lipinski definition) is 3. The van der Waals surface area contributed by atoms with Crippen molar-refractivity contribution < 1.29 is 37.5 Å². The number of fused-ring (bicyclic) bond motifs is 1. The average molecular weight is 720 g/mol. The number of nitrogens with zero attached hydrogens (tertiary/aromatic N) is 6. The van der Waals surface area contributed by atoms with Crippen molar-refractivity contribution in [2.24, 2.45) is 0 Å². The SMILES string of the molecule is O=C1CCN(N2C(=O)c3ccc(CN4CCN(c5ncc(C(=O)Nc6ccc(OC(F)(F)Cl)cc6)cc5-c5cc[nH]n5)CC4)cc3C2=O)C(=O)N1. The van der Waals surface area contributed by atoms with E-state index in [1.54, 1.807) is 36.5 Å². The minimum atomic E-state index is -3.86. The Morgan fingerprint density at radius 2 is 1.67 bits per heavy atom. The van der Waals surface area contributed by atoms with Gasteiger partial charge in [-0.2, -0.15) is 10.1 Å². The molecule has 2 aromatic heterocycles. The normalized spacial score (nSPS) is 16.7. The number of piperazine rings is 1. The number of urea groups is 1. The Balaban J connectivity index is 1.01. The van der Waals surface area contributed by atoms with E-state index in [1.165, 1.54) is 30.5 Å². The number of anilines is 2. The molecule has 3 aliphatic rings. The highest BCUT2D eigenvalue weighted by atomic mass is 35.5. The van der Waals surface area contributed by atoms with Crippen molar-refractivity contribution in [2.75, 3.05) is 42.9 Å². The van der Waals surface area contributed by atoms with Crippen LogP contribution in [0.3, 0.4) is 0 Å². The highest BCUT2D eigenvalue weighted by Crippen LogP contribution is 2.31. The number of hydrogen-bond acceptors (Lipinski definition) is 10. The molecule has 3 N–H and O–H groups in total. The summed E-state index contributed by atoms with van der Waals surface area (Å²) in [6, 6.07) is 13.0. The number of rotatable bonds is 9. The predicted octanol–water partition coefficient (Wildman–Crippen LogP) is 3.67. The fourth-order valence-corrected chi connectivity index (χ4v) is 6.18. The minimum Gasteiger partial charge on any atom is -0.420 e. The molecule has 7 rings (SSSR count). The molecule has 15 nitrogen and oxygen atoms in total. The lowest BCUT2D eigenvalue weighted by molar-refractivity contribution is -0.122. The van der Waals surface area contributed by atoms with Crippen LogP contribution >= 0.6 is 11.6 Å². The first-order chi connectivity index (χ1) is 24.4. The number of benzene rings is 2. The van der Waals surface area contributed by atoms with Crippen molar-refractivity contribution in [2.45, 2.75) is 18.5 Å². The molecule has 18 heteroatoms. The molecule has 0 saturated carbocycles. The molecule has 6 amide bonds. The average Bonchev–Trinajstić information content (AvgIpc) is 3.72. The van der Waals surface area contributed by atoms with E-state index >= 15 is 0 Å². The van der Waals surface area contributed by atoms with Crippen molar-refractivity contribution in [3.05, 3.63) is 89.2 Å². The van der Waals surface area contributed by atoms with E-state index in [-0.39, 0.29) is 35.4 Å². The third-order valence-corrected chi connectivity index (χ3v) is 8.61. The second-order valence-electron chi connectivity index (χ2n) is 11.9. The number of pyridine rings is 1. The summed E-state index contributed by atoms with van der Waals surface area (Å²) in [6.45, 7) is 2.87. The van der Waals surface area contributed by atoms with Crippen LogP contribution in [-0.2, 0) is 11.3 Å². The molecule has 2 aromatic carbocycles. The number of halogens is 3. The van der Waals surface area contributed by atoms with Crippen LogP contribution in [0.15, 0.2) is 67.0 Å². The first-order valence-electron chi connectivity index (χ1n) is 15.7. The van der Waals surface area contributed by atoms with Crippen LogP contribution in [0, 0.1) is 0 Å². The smallest absolute Gasteiger partial charge is 0.420 e. The van der Waals surface area contributed by atoms with Crippen molar-refractivity contribution in [1.82, 2.24) is 35.4 Å². The van der Waals surface area contributed by atoms with Crippen LogP contribution < -0.4 is 20.3 Å². The van der Waals surface area contributed by atoms with Gasteiger partial charge in [-0.1, -0.05) is 6.07 Å². The molecule has 262 valence electrons. The number of carbonyl (C=O) groups excluding carboxylic acids is 5. The Kier molecular flexibility index (Phi) is 8.82. The van der Waals surface area contributed by atoms with Crippen LogP contribution in [0.5, 0.6) is 5.75 Å². The molecule has 0 radical (unpaired) electrons. The summed E-state index contributed by atoms with van der Waals surface area (Å²) < 4.78 is 30.2. The van der Waals surface area contributed by atoms with E-state index in [2.05, 4.69) is 40.4 Å². The molecule has 3 aliphatic heterocycles. The van der Waals surface area contributed by atoms with Gasteiger partial charge in [0.25, 0.3) is 17.7 Å². The summed E-state index contributed by atoms with van der Waals surface area (Å²) in [5, 5.41) is 13.7. The van der Waals surface area contributed by atoms with Gasteiger partial charge in [-0.3, -0.25) is 34.5 Å². The van der Waals surface area contributed by atoms with E-state index in [1.807, 2.05) is 0 Å². The van der Waals surface area contributed by atoms with Crippen LogP contribution in [0.1, 0.15) is 43.1 Å². The Morgan fingerprint density at radius 3 is 2.35 bits per heavy atom. The maximum absolute atomic E-state index is 13.2. The zero-order valence-corrected chi connectivity index (χ0v) is 27.3. The second kappa shape index (κ2) is 13.4. The van der Waals surface area contributed by atoms with Gasteiger partial charge >= 0.3 is 11.6 Å². The summed E-state index contributed by atoms with van der Waals surface area (Å²) in [6.07, 6.45) is 3.09. The number of nitrogens with one attached hydrogen (secondary N) is 3. The fraction of sp³-hybridized carbons (Fsp3) is 0.242. The number of H-pyrrole nitrogens is 1. The van der Waals surface area contributed by atoms with E-state index in [4.69, 9.17) is 11.6 Å². The maximum atomic E-state index is 13.2. The Bertz CT molecular complexity index is 2030. The Hall–Kier alpha value is -5.94. The van der Waals surface area contributed by atoms with Crippen LogP contribution in [-0.4, -0.2) is 98.1 Å². The molecular formula is C33H28ClF2N9O6. The molecule has 0 spiro atoms. The van der Waals surface area contributed by atoms with Crippen LogP contribution in [0.2, 0.25) is 0 Å². The monoisotopic (exact) mass is 719 g/mol. The number of aromatic nitrogens is 3. The van der Waals surface area contributed by atoms with Crippen molar-refractivity contribution in [3.8, 4) is 17.0 Å². The van der Waals surface area contributed by atoms with Gasteiger partial charge in [-0.25, -0.2) is 14.8 Å². The third kappa shape index (κ3) is 7.06. The maximum Gasteiger partial charge on any atom is 0.487 e. The van der Waals surface area contributed by atoms with Gasteiger partial charge in [0.15, 0.2) is 0 Å². The summed E-state index contributed by atoms with van der Waals surface area (Å²) in [7, 11) is 0. The number of imide groups is 2. The Morgan fingerprint density at radius 1 is 0.922 bits per heavy atom. The molecule has 4 aromatic rings. The standard InChI is InChI=1S/C33H28ClF2N9O6/c34-33(35,36)51-22-4-2-21(3-5-22)39-29(47)20-16-25(26-7-9-38-41-26)28(37-17-20)43-13-11-42(12-14-43)18-19-1-6-23-24(15-19)31(49)45(30(23)48)44-10-8-27(46)40-32(44)50/h1-7,9,15-17H,8,10-14,18H2,(H,38,41)(H,39,47)(H,40,46,50). The summed E-state index contributed by atoms with van der Waals surface area (Å²) in [4.78, 5) is 72.2. The molecule has 2 saturated heterocycles. The summed E-state index contributed by atoms with van der Waals surface area (Å²) in [5.74, 6) is -1.73. The first-order valence-corrected chi connectivity index (χ1v) is 16.1. The lowest BCUT2D eigenvalue weighted by Gasteiger charge is -2.36. The number of amides is 6. The van der Waals surface area contributed by atoms with Gasteiger partial charge in [0.1, 0.15) is 11.6 Å². The number of carbonyl (C=O) groups is 5. The van der Waals surface area contributed by atoms with Crippen LogP contribution in [0.4, 0.5) is 25.1 Å². The van der Waals surface area contributed by atoms with E-state index in [0.717, 1.165) is 15.6 Å². The molecule has 5 heterocycles. The number of alkyl halides is 3. The highest BCUT2D eigenvalue weighted by molar-refractivity contribution is 6.22. The molecule has 0 aliphatic carbocycles. The first kappa shape index (κ1) is 33.6. The number of ether oxygens (including phenoxy) is 1. The van der Waals surface area contributed by atoms with Crippen molar-refractivity contribution in [1.29, 1.82) is 0 Å². The third-order valence-electron chi connectivity index (χ3n) is 8.53. The van der Waals surface area contributed by atoms with Crippen molar-refractivity contribution >= 4 is 52.8 Å². The van der Waals surface area contributed by atoms with Gasteiger partial charge < -0.3 is 15.0 Å². The second-order valence-corrected chi connectivity index (χ2v) is 12.3. The predicted molar refractivity (Wildman–Crippen MR) is 177 cm³/mol. The van der Waals surface area contributed by atoms with Crippen LogP contribution in [0.25, 0.3) is 11.3 Å². The molecule has 51 heavy (non-hydrogen) atoms. The van der Waals surface area contributed by atoms with Gasteiger partial charge in [0, 0.05) is 74.4 Å². The number of aromatic amines is 1. The molecular weight excluding hydrogens is 692 g/mol. The quantitative estimate of drug-likeness (QED) is 0.171. The topological polar surface area (TPSA) is 173 Å². The van der Waals surface area contributed by atoms with Gasteiger partial charge in [-0.15, -0.1) is 8.78 Å². The summed E-state index contributed by atoms with van der Waals surface area (Å²) in [5.41, 5.74) is -0.857. The van der Waals surface area contributed by atoms with Crippen molar-refractivity contribution in [3.63, 3.8) is 0 Å². The zero-order valence-electron chi connectivity index (χ0n) is 26.6. The largest absolute Gasteiger partial charge is 0.487 e. The lowest BCUT2D eigenvalue weighted by Crippen LogP contribution is -2.58. The summed E-state index contributed by atoms with van der Waals surface area (Å²) >= 11 is 4.81. The highest BCUT2D eigenvalue weighted by Gasteiger charge is 2.43. The fourth-order valence-electron chi connectivity index (χ4n) is 6.09. The minimum absolute atomic E-state index is 0.0227. The van der Waals surface area contributed by atoms with E-state index < -0.39 is 35.2 Å².